The molecule has 1 aliphatic rings. The van der Waals surface area contributed by atoms with E-state index in [0.29, 0.717) is 17.9 Å². The van der Waals surface area contributed by atoms with Crippen molar-refractivity contribution in [1.29, 1.82) is 0 Å². The van der Waals surface area contributed by atoms with Gasteiger partial charge >= 0.3 is 11.9 Å². The average molecular weight is 365 g/mol. The van der Waals surface area contributed by atoms with E-state index in [2.05, 4.69) is 4.99 Å². The Kier molecular flexibility index (Phi) is 5.35. The van der Waals surface area contributed by atoms with Gasteiger partial charge in [0.05, 0.1) is 6.61 Å². The van der Waals surface area contributed by atoms with Gasteiger partial charge in [0, 0.05) is 24.1 Å². The van der Waals surface area contributed by atoms with E-state index in [-0.39, 0.29) is 17.3 Å². The zero-order chi connectivity index (χ0) is 19.4. The van der Waals surface area contributed by atoms with Gasteiger partial charge in [0.1, 0.15) is 11.5 Å². The monoisotopic (exact) mass is 365 g/mol. The molecule has 0 spiro atoms. The summed E-state index contributed by atoms with van der Waals surface area (Å²) in [6.45, 7) is 5.60. The van der Waals surface area contributed by atoms with Crippen LogP contribution in [0.15, 0.2) is 53.2 Å². The Labute approximate surface area is 157 Å². The molecule has 27 heavy (non-hydrogen) atoms. The fraction of sp³-hybridized carbons (Fsp3) is 0.190. The van der Waals surface area contributed by atoms with E-state index in [4.69, 9.17) is 14.2 Å². The number of nitrogens with zero attached hydrogens (tertiary/aromatic N) is 1. The summed E-state index contributed by atoms with van der Waals surface area (Å²) in [5.41, 5.74) is 2.41. The Morgan fingerprint density at radius 1 is 1.22 bits per heavy atom. The van der Waals surface area contributed by atoms with Crippen molar-refractivity contribution in [3.63, 3.8) is 0 Å². The number of aryl methyl sites for hydroxylation is 1. The van der Waals surface area contributed by atoms with E-state index in [9.17, 15) is 9.59 Å². The second kappa shape index (κ2) is 7.86. The van der Waals surface area contributed by atoms with Gasteiger partial charge in [0.15, 0.2) is 5.70 Å². The molecule has 0 aromatic heterocycles. The molecule has 1 heterocycles. The molecule has 0 saturated carbocycles. The lowest BCUT2D eigenvalue weighted by Gasteiger charge is -2.09. The van der Waals surface area contributed by atoms with Crippen LogP contribution in [0.3, 0.4) is 0 Å². The summed E-state index contributed by atoms with van der Waals surface area (Å²) in [7, 11) is 0. The van der Waals surface area contributed by atoms with Crippen LogP contribution >= 0.6 is 0 Å². The number of hydrogen-bond donors (Lipinski definition) is 0. The topological polar surface area (TPSA) is 74.2 Å². The summed E-state index contributed by atoms with van der Waals surface area (Å²) in [6, 6.07) is 12.6. The van der Waals surface area contributed by atoms with Crippen molar-refractivity contribution in [3.8, 4) is 11.5 Å². The van der Waals surface area contributed by atoms with E-state index in [0.717, 1.165) is 11.1 Å². The molecule has 0 bridgehead atoms. The van der Waals surface area contributed by atoms with Crippen molar-refractivity contribution >= 4 is 23.9 Å². The second-order valence-electron chi connectivity index (χ2n) is 5.93. The van der Waals surface area contributed by atoms with Crippen molar-refractivity contribution in [2.24, 2.45) is 4.99 Å². The molecule has 0 N–H and O–H groups in total. The molecule has 2 aromatic carbocycles. The third-order valence-corrected chi connectivity index (χ3v) is 3.73. The Hall–Kier alpha value is -3.41. The summed E-state index contributed by atoms with van der Waals surface area (Å²) in [4.78, 5) is 27.9. The predicted molar refractivity (Wildman–Crippen MR) is 101 cm³/mol. The van der Waals surface area contributed by atoms with Crippen LogP contribution in [-0.2, 0) is 14.3 Å². The van der Waals surface area contributed by atoms with Gasteiger partial charge in [-0.2, -0.15) is 0 Å². The lowest BCUT2D eigenvalue weighted by atomic mass is 10.1. The molecule has 0 aliphatic carbocycles. The van der Waals surface area contributed by atoms with Crippen LogP contribution in [0.25, 0.3) is 6.08 Å². The summed E-state index contributed by atoms with van der Waals surface area (Å²) >= 11 is 0. The predicted octanol–water partition coefficient (Wildman–Crippen LogP) is 3.66. The number of cyclic esters (lactones) is 1. The Morgan fingerprint density at radius 3 is 2.74 bits per heavy atom. The lowest BCUT2D eigenvalue weighted by Crippen LogP contribution is -2.06. The van der Waals surface area contributed by atoms with Crippen molar-refractivity contribution in [2.45, 2.75) is 20.8 Å². The zero-order valence-corrected chi connectivity index (χ0v) is 15.3. The Bertz CT molecular complexity index is 959. The molecule has 0 saturated heterocycles. The highest BCUT2D eigenvalue weighted by atomic mass is 16.6. The highest BCUT2D eigenvalue weighted by Gasteiger charge is 2.24. The summed E-state index contributed by atoms with van der Waals surface area (Å²) in [5, 5.41) is 0. The standard InChI is InChI=1S/C21H19NO5/c1-4-25-17-9-8-15(19(12-17)26-14(3)23)11-18-21(24)27-20(22-18)16-7-5-6-13(2)10-16/h5-12H,4H2,1-3H3/b18-11-. The first-order valence-electron chi connectivity index (χ1n) is 8.51. The van der Waals surface area contributed by atoms with Gasteiger partial charge in [-0.3, -0.25) is 4.79 Å². The third kappa shape index (κ3) is 4.41. The molecule has 6 heteroatoms. The summed E-state index contributed by atoms with van der Waals surface area (Å²) in [5.74, 6) is 0.0622. The maximum atomic E-state index is 12.2. The lowest BCUT2D eigenvalue weighted by molar-refractivity contribution is -0.132. The van der Waals surface area contributed by atoms with Crippen molar-refractivity contribution in [2.75, 3.05) is 6.61 Å². The number of carbonyl (C=O) groups excluding carboxylic acids is 2. The SMILES string of the molecule is CCOc1ccc(/C=C2\N=C(c3cccc(C)c3)OC2=O)c(OC(C)=O)c1. The van der Waals surface area contributed by atoms with Gasteiger partial charge < -0.3 is 14.2 Å². The van der Waals surface area contributed by atoms with E-state index < -0.39 is 11.9 Å². The molecule has 0 fully saturated rings. The van der Waals surface area contributed by atoms with Gasteiger partial charge in [0.25, 0.3) is 0 Å². The molecule has 0 radical (unpaired) electrons. The van der Waals surface area contributed by atoms with Gasteiger partial charge in [0.2, 0.25) is 5.90 Å². The summed E-state index contributed by atoms with van der Waals surface area (Å²) in [6.07, 6.45) is 1.53. The molecule has 1 aliphatic heterocycles. The van der Waals surface area contributed by atoms with Gasteiger partial charge in [-0.25, -0.2) is 9.79 Å². The normalized spacial score (nSPS) is 14.7. The smallest absolute Gasteiger partial charge is 0.363 e. The maximum absolute atomic E-state index is 12.2. The van der Waals surface area contributed by atoms with E-state index in [1.54, 1.807) is 18.2 Å². The van der Waals surface area contributed by atoms with Gasteiger partial charge in [-0.05, 0) is 44.2 Å². The molecule has 0 unspecified atom stereocenters. The minimum absolute atomic E-state index is 0.129. The largest absolute Gasteiger partial charge is 0.494 e. The first kappa shape index (κ1) is 18.4. The maximum Gasteiger partial charge on any atom is 0.363 e. The van der Waals surface area contributed by atoms with E-state index >= 15 is 0 Å². The van der Waals surface area contributed by atoms with E-state index in [1.807, 2.05) is 38.1 Å². The molecule has 0 atom stereocenters. The molecule has 3 rings (SSSR count). The molecular weight excluding hydrogens is 346 g/mol. The highest BCUT2D eigenvalue weighted by molar-refractivity contribution is 6.13. The average Bonchev–Trinajstić information content (AvgIpc) is 2.98. The number of rotatable bonds is 5. The van der Waals surface area contributed by atoms with Crippen molar-refractivity contribution in [3.05, 3.63) is 64.9 Å². The molecule has 0 amide bonds. The van der Waals surface area contributed by atoms with Crippen LogP contribution in [0.2, 0.25) is 0 Å². The first-order chi connectivity index (χ1) is 13.0. The van der Waals surface area contributed by atoms with Gasteiger partial charge in [-0.1, -0.05) is 17.7 Å². The minimum Gasteiger partial charge on any atom is -0.494 e. The van der Waals surface area contributed by atoms with Crippen LogP contribution < -0.4 is 9.47 Å². The van der Waals surface area contributed by atoms with Crippen LogP contribution in [-0.4, -0.2) is 24.4 Å². The zero-order valence-electron chi connectivity index (χ0n) is 15.3. The highest BCUT2D eigenvalue weighted by Crippen LogP contribution is 2.29. The molecular formula is C21H19NO5. The van der Waals surface area contributed by atoms with Crippen LogP contribution in [0.4, 0.5) is 0 Å². The number of benzene rings is 2. The number of carbonyl (C=O) groups is 2. The van der Waals surface area contributed by atoms with E-state index in [1.165, 1.54) is 13.0 Å². The second-order valence-corrected chi connectivity index (χ2v) is 5.93. The van der Waals surface area contributed by atoms with Crippen LogP contribution in [0.1, 0.15) is 30.5 Å². The van der Waals surface area contributed by atoms with Crippen molar-refractivity contribution in [1.82, 2.24) is 0 Å². The van der Waals surface area contributed by atoms with Crippen molar-refractivity contribution < 1.29 is 23.8 Å². The number of aliphatic imine (C=N–C) groups is 1. The fourth-order valence-electron chi connectivity index (χ4n) is 2.59. The fourth-order valence-corrected chi connectivity index (χ4v) is 2.59. The van der Waals surface area contributed by atoms with Gasteiger partial charge in [-0.15, -0.1) is 0 Å². The molecule has 138 valence electrons. The Morgan fingerprint density at radius 2 is 2.04 bits per heavy atom. The molecule has 2 aromatic rings. The molecule has 6 nitrogen and oxygen atoms in total. The number of esters is 2. The first-order valence-corrected chi connectivity index (χ1v) is 8.51. The Balaban J connectivity index is 1.97. The quantitative estimate of drug-likeness (QED) is 0.459. The minimum atomic E-state index is -0.561. The van der Waals surface area contributed by atoms with Crippen LogP contribution in [0, 0.1) is 6.92 Å². The number of ether oxygens (including phenoxy) is 3. The van der Waals surface area contributed by atoms with Crippen LogP contribution in [0.5, 0.6) is 11.5 Å². The summed E-state index contributed by atoms with van der Waals surface area (Å²) < 4.78 is 16.0. The number of hydrogen-bond acceptors (Lipinski definition) is 6. The third-order valence-electron chi connectivity index (χ3n) is 3.73.